The van der Waals surface area contributed by atoms with Crippen LogP contribution in [0.2, 0.25) is 0 Å². The molecule has 6 nitrogen and oxygen atoms in total. The quantitative estimate of drug-likeness (QED) is 0.505. The molecule has 0 saturated carbocycles. The highest BCUT2D eigenvalue weighted by molar-refractivity contribution is 8.00. The zero-order chi connectivity index (χ0) is 21.4. The molecule has 1 atom stereocenters. The molecule has 1 unspecified atom stereocenters. The summed E-state index contributed by atoms with van der Waals surface area (Å²) in [6.07, 6.45) is 2.30. The van der Waals surface area contributed by atoms with E-state index in [0.29, 0.717) is 17.8 Å². The summed E-state index contributed by atoms with van der Waals surface area (Å²) in [6, 6.07) is 12.0. The Kier molecular flexibility index (Phi) is 8.27. The van der Waals surface area contributed by atoms with Crippen LogP contribution in [0.25, 0.3) is 0 Å². The number of hydrogen-bond acceptors (Lipinski definition) is 4. The summed E-state index contributed by atoms with van der Waals surface area (Å²) in [5.74, 6) is -1.28. The number of carbonyl (C=O) groups excluding carboxylic acids is 2. The van der Waals surface area contributed by atoms with Crippen LogP contribution >= 0.6 is 11.8 Å². The Balaban J connectivity index is 2.01. The van der Waals surface area contributed by atoms with Gasteiger partial charge in [-0.2, -0.15) is 0 Å². The fraction of sp³-hybridized carbons (Fsp3) is 0.318. The van der Waals surface area contributed by atoms with Gasteiger partial charge < -0.3 is 15.7 Å². The zero-order valence-electron chi connectivity index (χ0n) is 16.8. The Morgan fingerprint density at radius 1 is 1.10 bits per heavy atom. The molecule has 2 aromatic rings. The summed E-state index contributed by atoms with van der Waals surface area (Å²) in [6.45, 7) is 5.63. The lowest BCUT2D eigenvalue weighted by molar-refractivity contribution is -0.116. The van der Waals surface area contributed by atoms with Gasteiger partial charge in [0.2, 0.25) is 11.8 Å². The first-order valence-corrected chi connectivity index (χ1v) is 10.4. The predicted octanol–water partition coefficient (Wildman–Crippen LogP) is 4.94. The van der Waals surface area contributed by atoms with Gasteiger partial charge in [0, 0.05) is 22.7 Å². The first-order chi connectivity index (χ1) is 13.8. The molecule has 0 aliphatic carbocycles. The Bertz CT molecular complexity index is 898. The second-order valence-corrected chi connectivity index (χ2v) is 8.18. The Labute approximate surface area is 175 Å². The number of nitrogens with one attached hydrogen (secondary N) is 2. The van der Waals surface area contributed by atoms with E-state index in [-0.39, 0.29) is 17.4 Å². The highest BCUT2D eigenvalue weighted by atomic mass is 32.2. The Morgan fingerprint density at radius 3 is 2.55 bits per heavy atom. The molecule has 0 bridgehead atoms. The van der Waals surface area contributed by atoms with Crippen molar-refractivity contribution in [1.82, 2.24) is 0 Å². The Morgan fingerprint density at radius 2 is 1.86 bits per heavy atom. The second kappa shape index (κ2) is 10.7. The third-order valence-corrected chi connectivity index (χ3v) is 5.39. The molecule has 0 aromatic heterocycles. The zero-order valence-corrected chi connectivity index (χ0v) is 17.6. The molecule has 0 aliphatic rings. The van der Waals surface area contributed by atoms with Crippen molar-refractivity contribution >= 4 is 40.9 Å². The predicted molar refractivity (Wildman–Crippen MR) is 117 cm³/mol. The third-order valence-electron chi connectivity index (χ3n) is 4.30. The molecule has 0 spiro atoms. The molecular weight excluding hydrogens is 388 g/mol. The number of amides is 2. The third kappa shape index (κ3) is 6.94. The number of anilines is 2. The summed E-state index contributed by atoms with van der Waals surface area (Å²) < 4.78 is 0. The highest BCUT2D eigenvalue weighted by Gasteiger charge is 2.17. The minimum Gasteiger partial charge on any atom is -0.478 e. The molecule has 0 aliphatic heterocycles. The molecule has 0 saturated heterocycles. The average molecular weight is 415 g/mol. The number of carboxylic acids is 1. The monoisotopic (exact) mass is 414 g/mol. The van der Waals surface area contributed by atoms with Gasteiger partial charge in [0.15, 0.2) is 0 Å². The van der Waals surface area contributed by atoms with Gasteiger partial charge in [-0.1, -0.05) is 25.5 Å². The van der Waals surface area contributed by atoms with E-state index in [2.05, 4.69) is 10.6 Å². The van der Waals surface area contributed by atoms with Crippen molar-refractivity contribution in [1.29, 1.82) is 0 Å². The van der Waals surface area contributed by atoms with Gasteiger partial charge in [0.25, 0.3) is 0 Å². The molecule has 0 fully saturated rings. The van der Waals surface area contributed by atoms with Crippen molar-refractivity contribution in [2.24, 2.45) is 0 Å². The van der Waals surface area contributed by atoms with E-state index >= 15 is 0 Å². The van der Waals surface area contributed by atoms with Gasteiger partial charge in [-0.3, -0.25) is 9.59 Å². The van der Waals surface area contributed by atoms with Crippen molar-refractivity contribution in [3.05, 3.63) is 53.6 Å². The molecule has 0 radical (unpaired) electrons. The maximum Gasteiger partial charge on any atom is 0.335 e. The van der Waals surface area contributed by atoms with E-state index in [1.54, 1.807) is 13.0 Å². The number of carbonyl (C=O) groups is 3. The fourth-order valence-corrected chi connectivity index (χ4v) is 3.52. The van der Waals surface area contributed by atoms with Crippen molar-refractivity contribution in [3.8, 4) is 0 Å². The van der Waals surface area contributed by atoms with Crippen molar-refractivity contribution in [3.63, 3.8) is 0 Å². The summed E-state index contributed by atoms with van der Waals surface area (Å²) in [4.78, 5) is 36.5. The van der Waals surface area contributed by atoms with Gasteiger partial charge in [-0.15, -0.1) is 11.8 Å². The van der Waals surface area contributed by atoms with Crippen LogP contribution in [-0.4, -0.2) is 28.1 Å². The number of benzene rings is 2. The lowest BCUT2D eigenvalue weighted by Crippen LogP contribution is -2.23. The van der Waals surface area contributed by atoms with Crippen molar-refractivity contribution < 1.29 is 19.5 Å². The normalized spacial score (nSPS) is 11.6. The summed E-state index contributed by atoms with van der Waals surface area (Å²) in [7, 11) is 0. The molecule has 2 rings (SSSR count). The molecule has 29 heavy (non-hydrogen) atoms. The van der Waals surface area contributed by atoms with E-state index in [1.807, 2.05) is 38.1 Å². The van der Waals surface area contributed by atoms with Crippen LogP contribution in [0.15, 0.2) is 47.4 Å². The molecule has 2 amide bonds. The van der Waals surface area contributed by atoms with Crippen LogP contribution in [0, 0.1) is 6.92 Å². The van der Waals surface area contributed by atoms with E-state index in [1.165, 1.54) is 23.9 Å². The van der Waals surface area contributed by atoms with E-state index in [4.69, 9.17) is 5.11 Å². The maximum absolute atomic E-state index is 12.6. The number of unbranched alkanes of at least 4 members (excludes halogenated alkanes) is 1. The Hall–Kier alpha value is -2.80. The largest absolute Gasteiger partial charge is 0.478 e. The first-order valence-electron chi connectivity index (χ1n) is 9.51. The van der Waals surface area contributed by atoms with Crippen LogP contribution in [-0.2, 0) is 9.59 Å². The molecule has 0 heterocycles. The lowest BCUT2D eigenvalue weighted by atomic mass is 10.1. The maximum atomic E-state index is 12.6. The fourth-order valence-electron chi connectivity index (χ4n) is 2.59. The second-order valence-electron chi connectivity index (χ2n) is 6.76. The van der Waals surface area contributed by atoms with Gasteiger partial charge >= 0.3 is 5.97 Å². The number of aromatic carboxylic acids is 1. The van der Waals surface area contributed by atoms with Crippen LogP contribution in [0.3, 0.4) is 0 Å². The number of hydrogen-bond donors (Lipinski definition) is 3. The highest BCUT2D eigenvalue weighted by Crippen LogP contribution is 2.27. The number of aryl methyl sites for hydroxylation is 1. The first kappa shape index (κ1) is 22.5. The average Bonchev–Trinajstić information content (AvgIpc) is 2.68. The minimum absolute atomic E-state index is 0.0198. The smallest absolute Gasteiger partial charge is 0.335 e. The van der Waals surface area contributed by atoms with Crippen molar-refractivity contribution in [2.45, 2.75) is 50.2 Å². The van der Waals surface area contributed by atoms with Crippen LogP contribution in [0.5, 0.6) is 0 Å². The minimum atomic E-state index is -1.04. The topological polar surface area (TPSA) is 95.5 Å². The van der Waals surface area contributed by atoms with Crippen molar-refractivity contribution in [2.75, 3.05) is 10.6 Å². The van der Waals surface area contributed by atoms with Crippen LogP contribution in [0.4, 0.5) is 11.4 Å². The van der Waals surface area contributed by atoms with Gasteiger partial charge in [0.1, 0.15) is 0 Å². The number of thioether (sulfide) groups is 1. The summed E-state index contributed by atoms with van der Waals surface area (Å²) in [5.41, 5.74) is 2.10. The van der Waals surface area contributed by atoms with Crippen LogP contribution < -0.4 is 10.6 Å². The van der Waals surface area contributed by atoms with E-state index in [9.17, 15) is 14.4 Å². The molecule has 154 valence electrons. The molecule has 2 aromatic carbocycles. The molecular formula is C22H26N2O4S. The SMILES string of the molecule is CCCCC(=O)Nc1cccc(SC(C)C(=O)Nc2cc(C(=O)O)ccc2C)c1. The van der Waals surface area contributed by atoms with Crippen LogP contribution in [0.1, 0.15) is 49.0 Å². The number of carboxylic acid groups (broad SMARTS) is 1. The van der Waals surface area contributed by atoms with E-state index < -0.39 is 11.2 Å². The van der Waals surface area contributed by atoms with Gasteiger partial charge in [-0.05, 0) is 56.2 Å². The molecule has 3 N–H and O–H groups in total. The van der Waals surface area contributed by atoms with Gasteiger partial charge in [0.05, 0.1) is 10.8 Å². The summed E-state index contributed by atoms with van der Waals surface area (Å²) in [5, 5.41) is 14.4. The molecule has 7 heteroatoms. The van der Waals surface area contributed by atoms with Gasteiger partial charge in [-0.25, -0.2) is 4.79 Å². The number of rotatable bonds is 9. The van der Waals surface area contributed by atoms with E-state index in [0.717, 1.165) is 23.3 Å². The summed E-state index contributed by atoms with van der Waals surface area (Å²) >= 11 is 1.37. The standard InChI is InChI=1S/C22H26N2O4S/c1-4-5-9-20(25)23-17-7-6-8-18(13-17)29-15(3)21(26)24-19-12-16(22(27)28)11-10-14(19)2/h6-8,10-13,15H,4-5,9H2,1-3H3,(H,23,25)(H,24,26)(H,27,28). The lowest BCUT2D eigenvalue weighted by Gasteiger charge is -2.15.